The predicted octanol–water partition coefficient (Wildman–Crippen LogP) is 13.9. The monoisotopic (exact) mass is 678 g/mol. The number of rotatable bonds is 6. The highest BCUT2D eigenvalue weighted by Gasteiger charge is 2.35. The van der Waals surface area contributed by atoms with E-state index >= 15 is 0 Å². The molecule has 2 nitrogen and oxygen atoms in total. The Hall–Kier alpha value is -6.64. The van der Waals surface area contributed by atoms with Crippen molar-refractivity contribution < 1.29 is 0 Å². The van der Waals surface area contributed by atoms with Gasteiger partial charge in [0, 0.05) is 38.9 Å². The fraction of sp³-hybridized carbons (Fsp3) is 0.0588. The zero-order valence-corrected chi connectivity index (χ0v) is 29.9. The Balaban J connectivity index is 1.03. The number of hydrogen-bond donors (Lipinski definition) is 0. The third-order valence-electron chi connectivity index (χ3n) is 11.2. The molecule has 9 aromatic rings. The van der Waals surface area contributed by atoms with Crippen LogP contribution in [0.1, 0.15) is 25.0 Å². The smallest absolute Gasteiger partial charge is 0.0541 e. The molecule has 10 rings (SSSR count). The molecule has 0 radical (unpaired) electrons. The molecule has 53 heavy (non-hydrogen) atoms. The minimum absolute atomic E-state index is 0.0538. The maximum Gasteiger partial charge on any atom is 0.0541 e. The van der Waals surface area contributed by atoms with Crippen LogP contribution < -0.4 is 4.90 Å². The van der Waals surface area contributed by atoms with E-state index in [2.05, 4.69) is 217 Å². The molecule has 1 aliphatic carbocycles. The Morgan fingerprint density at radius 1 is 0.377 bits per heavy atom. The van der Waals surface area contributed by atoms with Crippen molar-refractivity contribution in [1.82, 2.24) is 4.57 Å². The molecule has 0 saturated heterocycles. The molecule has 252 valence electrons. The van der Waals surface area contributed by atoms with Crippen molar-refractivity contribution in [3.05, 3.63) is 205 Å². The number of anilines is 3. The van der Waals surface area contributed by atoms with Crippen molar-refractivity contribution in [2.75, 3.05) is 4.90 Å². The van der Waals surface area contributed by atoms with Crippen molar-refractivity contribution in [3.63, 3.8) is 0 Å². The summed E-state index contributed by atoms with van der Waals surface area (Å²) in [6.07, 6.45) is 0. The van der Waals surface area contributed by atoms with Crippen LogP contribution >= 0.6 is 0 Å². The van der Waals surface area contributed by atoms with E-state index in [1.807, 2.05) is 0 Å². The summed E-state index contributed by atoms with van der Waals surface area (Å²) in [7, 11) is 0. The van der Waals surface area contributed by atoms with Gasteiger partial charge in [-0.2, -0.15) is 0 Å². The Bertz CT molecular complexity index is 2770. The molecule has 0 spiro atoms. The summed E-state index contributed by atoms with van der Waals surface area (Å²) in [5.74, 6) is 0. The maximum absolute atomic E-state index is 2.44. The van der Waals surface area contributed by atoms with Gasteiger partial charge in [0.2, 0.25) is 0 Å². The van der Waals surface area contributed by atoms with Crippen LogP contribution in [0.15, 0.2) is 194 Å². The first kappa shape index (κ1) is 31.1. The van der Waals surface area contributed by atoms with Gasteiger partial charge in [0.1, 0.15) is 0 Å². The zero-order chi connectivity index (χ0) is 35.5. The molecule has 8 aromatic carbocycles. The quantitative estimate of drug-likeness (QED) is 0.170. The fourth-order valence-corrected chi connectivity index (χ4v) is 8.52. The summed E-state index contributed by atoms with van der Waals surface area (Å²) in [4.78, 5) is 2.33. The lowest BCUT2D eigenvalue weighted by Crippen LogP contribution is -2.15. The van der Waals surface area contributed by atoms with E-state index in [-0.39, 0.29) is 5.41 Å². The van der Waals surface area contributed by atoms with Crippen LogP contribution in [0.5, 0.6) is 0 Å². The van der Waals surface area contributed by atoms with Gasteiger partial charge in [0.25, 0.3) is 0 Å². The average Bonchev–Trinajstić information content (AvgIpc) is 3.67. The minimum Gasteiger partial charge on any atom is -0.311 e. The lowest BCUT2D eigenvalue weighted by atomic mass is 9.82. The van der Waals surface area contributed by atoms with Crippen molar-refractivity contribution in [2.24, 2.45) is 0 Å². The SMILES string of the molecule is CC1(C)c2ccccc2-c2ccc(-n3c4ccccc4c4cc(-c5ccc(N(c6ccccc6)c6ccc(-c7ccccc7)cc6)cc5)ccc43)cc21. The third-order valence-corrected chi connectivity index (χ3v) is 11.2. The first-order valence-electron chi connectivity index (χ1n) is 18.4. The normalized spacial score (nSPS) is 12.9. The first-order chi connectivity index (χ1) is 26.0. The molecular weight excluding hydrogens is 641 g/mol. The first-order valence-corrected chi connectivity index (χ1v) is 18.4. The van der Waals surface area contributed by atoms with Gasteiger partial charge >= 0.3 is 0 Å². The average molecular weight is 679 g/mol. The van der Waals surface area contributed by atoms with E-state index in [1.54, 1.807) is 0 Å². The minimum atomic E-state index is -0.0538. The number of nitrogens with zero attached hydrogens (tertiary/aromatic N) is 2. The second-order valence-corrected chi connectivity index (χ2v) is 14.6. The number of para-hydroxylation sites is 2. The predicted molar refractivity (Wildman–Crippen MR) is 224 cm³/mol. The molecule has 0 amide bonds. The molecule has 1 aliphatic rings. The molecule has 2 heteroatoms. The van der Waals surface area contributed by atoms with E-state index in [4.69, 9.17) is 0 Å². The summed E-state index contributed by atoms with van der Waals surface area (Å²) >= 11 is 0. The van der Waals surface area contributed by atoms with Gasteiger partial charge in [-0.25, -0.2) is 0 Å². The molecule has 0 fully saturated rings. The molecule has 1 aromatic heterocycles. The van der Waals surface area contributed by atoms with Crippen molar-refractivity contribution >= 4 is 38.9 Å². The lowest BCUT2D eigenvalue weighted by Gasteiger charge is -2.26. The molecular formula is C51H38N2. The molecule has 1 heterocycles. The highest BCUT2D eigenvalue weighted by atomic mass is 15.1. The van der Waals surface area contributed by atoms with Gasteiger partial charge in [-0.1, -0.05) is 141 Å². The molecule has 0 unspecified atom stereocenters. The highest BCUT2D eigenvalue weighted by molar-refractivity contribution is 6.10. The van der Waals surface area contributed by atoms with E-state index in [0.717, 1.165) is 17.1 Å². The summed E-state index contributed by atoms with van der Waals surface area (Å²) in [6.45, 7) is 4.71. The molecule has 0 saturated carbocycles. The molecule has 0 aliphatic heterocycles. The van der Waals surface area contributed by atoms with Gasteiger partial charge in [0.15, 0.2) is 0 Å². The van der Waals surface area contributed by atoms with Crippen molar-refractivity contribution in [2.45, 2.75) is 19.3 Å². The second-order valence-electron chi connectivity index (χ2n) is 14.6. The van der Waals surface area contributed by atoms with Gasteiger partial charge in [0.05, 0.1) is 11.0 Å². The van der Waals surface area contributed by atoms with Crippen molar-refractivity contribution in [1.29, 1.82) is 0 Å². The second kappa shape index (κ2) is 12.3. The number of fused-ring (bicyclic) bond motifs is 6. The molecule has 0 bridgehead atoms. The van der Waals surface area contributed by atoms with Gasteiger partial charge < -0.3 is 9.47 Å². The third kappa shape index (κ3) is 5.10. The summed E-state index contributed by atoms with van der Waals surface area (Å²) in [6, 6.07) is 70.7. The summed E-state index contributed by atoms with van der Waals surface area (Å²) in [5, 5.41) is 2.52. The number of hydrogen-bond acceptors (Lipinski definition) is 1. The topological polar surface area (TPSA) is 8.17 Å². The van der Waals surface area contributed by atoms with Crippen LogP contribution in [-0.2, 0) is 5.41 Å². The maximum atomic E-state index is 2.44. The Labute approximate surface area is 310 Å². The van der Waals surface area contributed by atoms with Crippen molar-refractivity contribution in [3.8, 4) is 39.1 Å². The standard InChI is InChI=1S/C51H38N2/c1-51(2)47-19-11-9-17-43(47)44-31-30-42(34-48(44)51)53-49-20-12-10-18-45(49)46-33-38(25-32-50(46)53)37-23-28-41(29-24-37)52(39-15-7-4-8-16-39)40-26-21-36(22-27-40)35-13-5-3-6-14-35/h3-34H,1-2H3. The van der Waals surface area contributed by atoms with E-state index in [1.165, 1.54) is 72.0 Å². The van der Waals surface area contributed by atoms with Gasteiger partial charge in [-0.3, -0.25) is 0 Å². The lowest BCUT2D eigenvalue weighted by molar-refractivity contribution is 0.660. The summed E-state index contributed by atoms with van der Waals surface area (Å²) in [5.41, 5.74) is 17.3. The fourth-order valence-electron chi connectivity index (χ4n) is 8.52. The number of benzene rings is 8. The van der Waals surface area contributed by atoms with Crippen LogP contribution in [0.2, 0.25) is 0 Å². The number of aromatic nitrogens is 1. The molecule has 0 N–H and O–H groups in total. The highest BCUT2D eigenvalue weighted by Crippen LogP contribution is 2.49. The van der Waals surface area contributed by atoms with Crippen LogP contribution in [-0.4, -0.2) is 4.57 Å². The zero-order valence-electron chi connectivity index (χ0n) is 29.9. The van der Waals surface area contributed by atoms with Crippen LogP contribution in [0, 0.1) is 0 Å². The largest absolute Gasteiger partial charge is 0.311 e. The van der Waals surface area contributed by atoms with Crippen LogP contribution in [0.4, 0.5) is 17.1 Å². The van der Waals surface area contributed by atoms with Gasteiger partial charge in [-0.15, -0.1) is 0 Å². The van der Waals surface area contributed by atoms with E-state index in [9.17, 15) is 0 Å². The van der Waals surface area contributed by atoms with Crippen LogP contribution in [0.3, 0.4) is 0 Å². The summed E-state index contributed by atoms with van der Waals surface area (Å²) < 4.78 is 2.44. The Morgan fingerprint density at radius 3 is 1.64 bits per heavy atom. The Kier molecular flexibility index (Phi) is 7.19. The van der Waals surface area contributed by atoms with E-state index < -0.39 is 0 Å². The van der Waals surface area contributed by atoms with Crippen LogP contribution in [0.25, 0.3) is 60.9 Å². The molecule has 0 atom stereocenters. The van der Waals surface area contributed by atoms with E-state index in [0.29, 0.717) is 0 Å². The van der Waals surface area contributed by atoms with Gasteiger partial charge in [-0.05, 0) is 111 Å². The Morgan fingerprint density at radius 2 is 0.906 bits per heavy atom.